The van der Waals surface area contributed by atoms with E-state index in [0.717, 1.165) is 4.68 Å². The zero-order chi connectivity index (χ0) is 13.1. The molecule has 2 N–H and O–H groups in total. The van der Waals surface area contributed by atoms with Gasteiger partial charge in [-0.2, -0.15) is 5.10 Å². The second-order valence-electron chi connectivity index (χ2n) is 3.66. The molecule has 1 aromatic heterocycles. The summed E-state index contributed by atoms with van der Waals surface area (Å²) in [5.41, 5.74) is 0.664. The van der Waals surface area contributed by atoms with E-state index < -0.39 is 11.9 Å². The highest BCUT2D eigenvalue weighted by atomic mass is 16.4. The fraction of sp³-hybridized carbons (Fsp3) is 0.0833. The Balaban J connectivity index is 2.20. The molecule has 0 spiro atoms. The quantitative estimate of drug-likeness (QED) is 0.855. The van der Waals surface area contributed by atoms with Gasteiger partial charge in [0.1, 0.15) is 5.69 Å². The summed E-state index contributed by atoms with van der Waals surface area (Å²) in [6.07, 6.45) is 0. The molecule has 6 heteroatoms. The first-order valence-electron chi connectivity index (χ1n) is 5.21. The van der Waals surface area contributed by atoms with Gasteiger partial charge in [0.05, 0.1) is 0 Å². The molecule has 92 valence electrons. The molecule has 6 nitrogen and oxygen atoms in total. The lowest BCUT2D eigenvalue weighted by atomic mass is 10.3. The molecule has 18 heavy (non-hydrogen) atoms. The van der Waals surface area contributed by atoms with Gasteiger partial charge in [0.2, 0.25) is 0 Å². The number of carboxylic acids is 1. The minimum atomic E-state index is -1.12. The molecule has 0 saturated carbocycles. The Kier molecular flexibility index (Phi) is 3.09. The molecule has 0 atom stereocenters. The zero-order valence-corrected chi connectivity index (χ0v) is 9.62. The summed E-state index contributed by atoms with van der Waals surface area (Å²) in [4.78, 5) is 22.6. The average Bonchev–Trinajstić information content (AvgIpc) is 2.73. The van der Waals surface area contributed by atoms with E-state index in [4.69, 9.17) is 5.11 Å². The summed E-state index contributed by atoms with van der Waals surface area (Å²) in [6, 6.07) is 10.1. The van der Waals surface area contributed by atoms with Gasteiger partial charge in [0, 0.05) is 18.8 Å². The Morgan fingerprint density at radius 3 is 2.50 bits per heavy atom. The number of carbonyl (C=O) groups is 2. The zero-order valence-electron chi connectivity index (χ0n) is 9.62. The molecular weight excluding hydrogens is 234 g/mol. The van der Waals surface area contributed by atoms with Crippen LogP contribution in [-0.2, 0) is 7.05 Å². The molecule has 0 aliphatic rings. The molecule has 1 heterocycles. The fourth-order valence-electron chi connectivity index (χ4n) is 1.49. The number of carbonyl (C=O) groups excluding carboxylic acids is 1. The Hall–Kier alpha value is -2.63. The van der Waals surface area contributed by atoms with E-state index in [1.165, 1.54) is 13.1 Å². The Morgan fingerprint density at radius 1 is 1.28 bits per heavy atom. The molecule has 2 rings (SSSR count). The predicted octanol–water partition coefficient (Wildman–Crippen LogP) is 1.37. The lowest BCUT2D eigenvalue weighted by molar-refractivity contribution is 0.0685. The lowest BCUT2D eigenvalue weighted by Crippen LogP contribution is -2.12. The second-order valence-corrected chi connectivity index (χ2v) is 3.66. The van der Waals surface area contributed by atoms with Crippen molar-refractivity contribution in [3.63, 3.8) is 0 Å². The van der Waals surface area contributed by atoms with Crippen molar-refractivity contribution in [1.29, 1.82) is 0 Å². The number of aromatic nitrogens is 2. The number of anilines is 1. The number of aryl methyl sites for hydroxylation is 1. The third kappa shape index (κ3) is 2.37. The molecule has 0 aliphatic heterocycles. The van der Waals surface area contributed by atoms with Gasteiger partial charge in [-0.05, 0) is 12.1 Å². The maximum absolute atomic E-state index is 11.8. The predicted molar refractivity (Wildman–Crippen MR) is 64.6 cm³/mol. The van der Waals surface area contributed by atoms with E-state index in [0.29, 0.717) is 5.69 Å². The van der Waals surface area contributed by atoms with Crippen LogP contribution < -0.4 is 5.32 Å². The highest BCUT2D eigenvalue weighted by Gasteiger charge is 2.16. The molecule has 0 saturated heterocycles. The summed E-state index contributed by atoms with van der Waals surface area (Å²) in [7, 11) is 1.47. The maximum atomic E-state index is 11.8. The largest absolute Gasteiger partial charge is 0.477 e. The van der Waals surface area contributed by atoms with E-state index in [1.54, 1.807) is 24.3 Å². The second kappa shape index (κ2) is 4.70. The molecule has 0 unspecified atom stereocenters. The van der Waals surface area contributed by atoms with E-state index in [2.05, 4.69) is 10.4 Å². The summed E-state index contributed by atoms with van der Waals surface area (Å²) in [5, 5.41) is 15.3. The molecule has 1 amide bonds. The van der Waals surface area contributed by atoms with Crippen LogP contribution in [-0.4, -0.2) is 26.8 Å². The first kappa shape index (κ1) is 11.8. The average molecular weight is 245 g/mol. The highest BCUT2D eigenvalue weighted by Crippen LogP contribution is 2.09. The topological polar surface area (TPSA) is 84.2 Å². The maximum Gasteiger partial charge on any atom is 0.354 e. The van der Waals surface area contributed by atoms with Crippen molar-refractivity contribution in [3.05, 3.63) is 47.8 Å². The van der Waals surface area contributed by atoms with E-state index in [-0.39, 0.29) is 11.4 Å². The van der Waals surface area contributed by atoms with Crippen molar-refractivity contribution in [1.82, 2.24) is 9.78 Å². The normalized spacial score (nSPS) is 10.1. The molecule has 0 radical (unpaired) electrons. The smallest absolute Gasteiger partial charge is 0.354 e. The van der Waals surface area contributed by atoms with Gasteiger partial charge in [-0.3, -0.25) is 9.48 Å². The van der Waals surface area contributed by atoms with Crippen LogP contribution >= 0.6 is 0 Å². The fourth-order valence-corrected chi connectivity index (χ4v) is 1.49. The van der Waals surface area contributed by atoms with Gasteiger partial charge in [0.25, 0.3) is 5.91 Å². The van der Waals surface area contributed by atoms with Gasteiger partial charge >= 0.3 is 5.97 Å². The van der Waals surface area contributed by atoms with Crippen LogP contribution in [0.5, 0.6) is 0 Å². The van der Waals surface area contributed by atoms with Crippen molar-refractivity contribution >= 4 is 17.6 Å². The van der Waals surface area contributed by atoms with Crippen LogP contribution in [0.4, 0.5) is 5.69 Å². The summed E-state index contributed by atoms with van der Waals surface area (Å²) in [5.74, 6) is -1.56. The number of nitrogens with one attached hydrogen (secondary N) is 1. The monoisotopic (exact) mass is 245 g/mol. The third-order valence-electron chi connectivity index (χ3n) is 2.36. The van der Waals surface area contributed by atoms with Crippen LogP contribution in [0.3, 0.4) is 0 Å². The summed E-state index contributed by atoms with van der Waals surface area (Å²) >= 11 is 0. The number of carboxylic acid groups (broad SMARTS) is 1. The molecule has 0 bridgehead atoms. The SMILES string of the molecule is Cn1nc(C(=O)Nc2ccccc2)cc1C(=O)O. The summed E-state index contributed by atoms with van der Waals surface area (Å²) < 4.78 is 1.15. The first-order chi connectivity index (χ1) is 8.58. The highest BCUT2D eigenvalue weighted by molar-refractivity contribution is 6.04. The van der Waals surface area contributed by atoms with Crippen molar-refractivity contribution in [2.75, 3.05) is 5.32 Å². The number of para-hydroxylation sites is 1. The van der Waals surface area contributed by atoms with Gasteiger partial charge in [-0.15, -0.1) is 0 Å². The standard InChI is InChI=1S/C12H11N3O3/c1-15-10(12(17)18)7-9(14-15)11(16)13-8-5-3-2-4-6-8/h2-7H,1H3,(H,13,16)(H,17,18). The van der Waals surface area contributed by atoms with Crippen LogP contribution in [0.25, 0.3) is 0 Å². The number of amides is 1. The minimum Gasteiger partial charge on any atom is -0.477 e. The van der Waals surface area contributed by atoms with Crippen molar-refractivity contribution in [3.8, 4) is 0 Å². The Labute approximate surface area is 103 Å². The molecule has 0 aliphatic carbocycles. The van der Waals surface area contributed by atoms with E-state index in [1.807, 2.05) is 6.07 Å². The van der Waals surface area contributed by atoms with Crippen LogP contribution in [0.2, 0.25) is 0 Å². The molecule has 1 aromatic carbocycles. The minimum absolute atomic E-state index is 0.0341. The Morgan fingerprint density at radius 2 is 1.94 bits per heavy atom. The third-order valence-corrected chi connectivity index (χ3v) is 2.36. The lowest BCUT2D eigenvalue weighted by Gasteiger charge is -2.01. The van der Waals surface area contributed by atoms with Gasteiger partial charge < -0.3 is 10.4 Å². The van der Waals surface area contributed by atoms with Crippen molar-refractivity contribution in [2.45, 2.75) is 0 Å². The molecular formula is C12H11N3O3. The number of rotatable bonds is 3. The van der Waals surface area contributed by atoms with Gasteiger partial charge in [-0.1, -0.05) is 18.2 Å². The van der Waals surface area contributed by atoms with Gasteiger partial charge in [-0.25, -0.2) is 4.79 Å². The molecule has 0 fully saturated rings. The summed E-state index contributed by atoms with van der Waals surface area (Å²) in [6.45, 7) is 0. The van der Waals surface area contributed by atoms with Crippen molar-refractivity contribution < 1.29 is 14.7 Å². The number of hydrogen-bond donors (Lipinski definition) is 2. The van der Waals surface area contributed by atoms with Crippen LogP contribution in [0.15, 0.2) is 36.4 Å². The van der Waals surface area contributed by atoms with Crippen LogP contribution in [0, 0.1) is 0 Å². The number of benzene rings is 1. The Bertz CT molecular complexity index is 590. The van der Waals surface area contributed by atoms with E-state index in [9.17, 15) is 9.59 Å². The molecule has 2 aromatic rings. The van der Waals surface area contributed by atoms with Gasteiger partial charge in [0.15, 0.2) is 5.69 Å². The van der Waals surface area contributed by atoms with Crippen LogP contribution in [0.1, 0.15) is 21.0 Å². The number of hydrogen-bond acceptors (Lipinski definition) is 3. The number of nitrogens with zero attached hydrogens (tertiary/aromatic N) is 2. The first-order valence-corrected chi connectivity index (χ1v) is 5.21. The van der Waals surface area contributed by atoms with E-state index >= 15 is 0 Å². The van der Waals surface area contributed by atoms with Crippen molar-refractivity contribution in [2.24, 2.45) is 7.05 Å². The number of aromatic carboxylic acids is 1.